The average molecular weight is 185 g/mol. The van der Waals surface area contributed by atoms with Crippen LogP contribution in [0.4, 0.5) is 13.2 Å². The van der Waals surface area contributed by atoms with E-state index in [0.717, 1.165) is 0 Å². The first-order valence-corrected chi connectivity index (χ1v) is 3.51. The van der Waals surface area contributed by atoms with E-state index in [-0.39, 0.29) is 10.8 Å². The van der Waals surface area contributed by atoms with Gasteiger partial charge in [-0.25, -0.2) is 0 Å². The molecule has 1 aromatic carbocycles. The molecule has 0 spiro atoms. The van der Waals surface area contributed by atoms with Crippen LogP contribution in [0.2, 0.25) is 0 Å². The monoisotopic (exact) mass is 185 g/mol. The first-order valence-electron chi connectivity index (χ1n) is 3.51. The van der Waals surface area contributed by atoms with E-state index < -0.39 is 6.30 Å². The van der Waals surface area contributed by atoms with Crippen molar-refractivity contribution in [3.8, 4) is 0 Å². The van der Waals surface area contributed by atoms with E-state index in [9.17, 15) is 13.2 Å². The van der Waals surface area contributed by atoms with Crippen LogP contribution in [-0.4, -0.2) is 17.1 Å². The summed E-state index contributed by atoms with van der Waals surface area (Å²) < 4.78 is 35.9. The number of hydrogen-bond donors (Lipinski definition) is 0. The molecule has 0 unspecified atom stereocenters. The van der Waals surface area contributed by atoms with Gasteiger partial charge in [-0.2, -0.15) is 0 Å². The van der Waals surface area contributed by atoms with Gasteiger partial charge in [0.05, 0.1) is 0 Å². The van der Waals surface area contributed by atoms with Crippen molar-refractivity contribution in [3.05, 3.63) is 35.9 Å². The SMILES string of the molecule is FC(F)(F)N1N=C1c1cc[c]cc1. The van der Waals surface area contributed by atoms with Gasteiger partial charge in [0, 0.05) is 5.56 Å². The lowest BCUT2D eigenvalue weighted by Gasteiger charge is -2.05. The van der Waals surface area contributed by atoms with Crippen molar-refractivity contribution >= 4 is 5.84 Å². The van der Waals surface area contributed by atoms with Crippen molar-refractivity contribution in [1.29, 1.82) is 0 Å². The molecule has 0 aromatic heterocycles. The molecule has 1 heterocycles. The number of alkyl halides is 3. The second kappa shape index (κ2) is 2.48. The highest BCUT2D eigenvalue weighted by Gasteiger charge is 2.48. The van der Waals surface area contributed by atoms with Gasteiger partial charge in [-0.15, -0.1) is 23.3 Å². The molecule has 1 aromatic rings. The van der Waals surface area contributed by atoms with E-state index in [2.05, 4.69) is 11.2 Å². The Bertz CT molecular complexity index is 342. The molecule has 0 amide bonds. The maximum Gasteiger partial charge on any atom is 0.506 e. The standard InChI is InChI=1S/C8H4F3N2/c9-8(10,11)13-7(12-13)6-4-2-1-3-5-6/h2-5H. The van der Waals surface area contributed by atoms with Gasteiger partial charge < -0.3 is 0 Å². The summed E-state index contributed by atoms with van der Waals surface area (Å²) in [5.41, 5.74) is 0.455. The fraction of sp³-hybridized carbons (Fsp3) is 0.125. The van der Waals surface area contributed by atoms with Gasteiger partial charge in [-0.1, -0.05) is 24.3 Å². The quantitative estimate of drug-likeness (QED) is 0.610. The van der Waals surface area contributed by atoms with Gasteiger partial charge in [0.2, 0.25) is 0 Å². The fourth-order valence-corrected chi connectivity index (χ4v) is 0.965. The number of hydrogen-bond acceptors (Lipinski definition) is 2. The fourth-order valence-electron chi connectivity index (χ4n) is 0.965. The second-order valence-electron chi connectivity index (χ2n) is 2.49. The molecule has 1 aliphatic heterocycles. The molecule has 2 rings (SSSR count). The number of nitrogens with zero attached hydrogens (tertiary/aromatic N) is 2. The molecule has 67 valence electrons. The van der Waals surface area contributed by atoms with Crippen LogP contribution < -0.4 is 0 Å². The number of benzene rings is 1. The van der Waals surface area contributed by atoms with Crippen LogP contribution >= 0.6 is 0 Å². The third-order valence-electron chi connectivity index (χ3n) is 1.57. The molecule has 2 nitrogen and oxygen atoms in total. The Labute approximate surface area is 72.3 Å². The lowest BCUT2D eigenvalue weighted by atomic mass is 10.2. The van der Waals surface area contributed by atoms with Crippen molar-refractivity contribution in [2.24, 2.45) is 5.10 Å². The molecule has 0 bridgehead atoms. The van der Waals surface area contributed by atoms with Crippen molar-refractivity contribution in [2.75, 3.05) is 0 Å². The molecule has 13 heavy (non-hydrogen) atoms. The second-order valence-corrected chi connectivity index (χ2v) is 2.49. The topological polar surface area (TPSA) is 15.4 Å². The highest BCUT2D eigenvalue weighted by Crippen LogP contribution is 2.32. The molecule has 1 radical (unpaired) electrons. The van der Waals surface area contributed by atoms with Crippen LogP contribution in [0.1, 0.15) is 5.56 Å². The Morgan fingerprint density at radius 1 is 1.23 bits per heavy atom. The largest absolute Gasteiger partial charge is 0.506 e. The van der Waals surface area contributed by atoms with E-state index in [1.54, 1.807) is 12.1 Å². The number of halogens is 3. The molecule has 0 saturated carbocycles. The summed E-state index contributed by atoms with van der Waals surface area (Å²) in [7, 11) is 0. The lowest BCUT2D eigenvalue weighted by Crippen LogP contribution is -2.25. The third kappa shape index (κ3) is 1.49. The van der Waals surface area contributed by atoms with Crippen molar-refractivity contribution < 1.29 is 13.2 Å². The molecule has 1 aliphatic rings. The first kappa shape index (κ1) is 8.10. The van der Waals surface area contributed by atoms with E-state index in [4.69, 9.17) is 0 Å². The minimum atomic E-state index is -4.39. The molecule has 0 aliphatic carbocycles. The average Bonchev–Trinajstić information content (AvgIpc) is 2.83. The van der Waals surface area contributed by atoms with Crippen LogP contribution in [-0.2, 0) is 0 Å². The van der Waals surface area contributed by atoms with E-state index in [1.165, 1.54) is 12.1 Å². The summed E-state index contributed by atoms with van der Waals surface area (Å²) in [6.07, 6.45) is -4.39. The molecular weight excluding hydrogens is 181 g/mol. The van der Waals surface area contributed by atoms with Crippen LogP contribution in [0.25, 0.3) is 0 Å². The summed E-state index contributed by atoms with van der Waals surface area (Å²) in [4.78, 5) is 0. The van der Waals surface area contributed by atoms with Crippen LogP contribution in [0.15, 0.2) is 29.4 Å². The minimum Gasteiger partial charge on any atom is -0.149 e. The third-order valence-corrected chi connectivity index (χ3v) is 1.57. The van der Waals surface area contributed by atoms with Gasteiger partial charge in [0.15, 0.2) is 5.84 Å². The molecular formula is C8H4F3N2. The predicted octanol–water partition coefficient (Wildman–Crippen LogP) is 1.98. The van der Waals surface area contributed by atoms with E-state index >= 15 is 0 Å². The Hall–Kier alpha value is -1.52. The Morgan fingerprint density at radius 3 is 2.31 bits per heavy atom. The first-order chi connectivity index (χ1) is 6.09. The summed E-state index contributed by atoms with van der Waals surface area (Å²) in [6.45, 7) is 0. The Balaban J connectivity index is 2.13. The zero-order chi connectivity index (χ0) is 9.47. The molecule has 0 saturated heterocycles. The number of rotatable bonds is 1. The molecule has 0 atom stereocenters. The highest BCUT2D eigenvalue weighted by atomic mass is 19.4. The molecule has 0 N–H and O–H groups in total. The van der Waals surface area contributed by atoms with Gasteiger partial charge in [0.1, 0.15) is 0 Å². The van der Waals surface area contributed by atoms with Crippen LogP contribution in [0.3, 0.4) is 0 Å². The van der Waals surface area contributed by atoms with Gasteiger partial charge in [0.25, 0.3) is 0 Å². The van der Waals surface area contributed by atoms with E-state index in [1.807, 2.05) is 0 Å². The lowest BCUT2D eigenvalue weighted by molar-refractivity contribution is -0.201. The minimum absolute atomic E-state index is 0.0403. The number of hydrazone groups is 1. The Kier molecular flexibility index (Phi) is 1.55. The normalized spacial score (nSPS) is 15.6. The maximum atomic E-state index is 12.0. The zero-order valence-corrected chi connectivity index (χ0v) is 6.34. The van der Waals surface area contributed by atoms with Crippen molar-refractivity contribution in [1.82, 2.24) is 5.01 Å². The van der Waals surface area contributed by atoms with Gasteiger partial charge in [-0.3, -0.25) is 0 Å². The summed E-state index contributed by atoms with van der Waals surface area (Å²) >= 11 is 0. The highest BCUT2D eigenvalue weighted by molar-refractivity contribution is 6.05. The van der Waals surface area contributed by atoms with Crippen LogP contribution in [0.5, 0.6) is 0 Å². The van der Waals surface area contributed by atoms with Gasteiger partial charge in [-0.05, 0) is 6.07 Å². The van der Waals surface area contributed by atoms with E-state index in [0.29, 0.717) is 5.56 Å². The van der Waals surface area contributed by atoms with Gasteiger partial charge >= 0.3 is 6.30 Å². The number of amidine groups is 1. The summed E-state index contributed by atoms with van der Waals surface area (Å²) in [5.74, 6) is -0.0403. The summed E-state index contributed by atoms with van der Waals surface area (Å²) in [5, 5.41) is 3.25. The zero-order valence-electron chi connectivity index (χ0n) is 6.34. The molecule has 5 heteroatoms. The van der Waals surface area contributed by atoms with Crippen molar-refractivity contribution in [2.45, 2.75) is 6.30 Å². The smallest absolute Gasteiger partial charge is 0.149 e. The van der Waals surface area contributed by atoms with Crippen molar-refractivity contribution in [3.63, 3.8) is 0 Å². The predicted molar refractivity (Wildman–Crippen MR) is 39.7 cm³/mol. The Morgan fingerprint density at radius 2 is 1.85 bits per heavy atom. The maximum absolute atomic E-state index is 12.0. The van der Waals surface area contributed by atoms with Crippen LogP contribution in [0, 0.1) is 6.07 Å². The summed E-state index contributed by atoms with van der Waals surface area (Å²) in [6, 6.07) is 8.87. The molecule has 0 fully saturated rings.